The second kappa shape index (κ2) is 4.21. The van der Waals surface area contributed by atoms with Crippen LogP contribution in [0.4, 0.5) is 0 Å². The molecule has 4 N–H and O–H groups in total. The molecule has 0 saturated carbocycles. The molecule has 0 aliphatic carbocycles. The molecule has 3 nitrogen and oxygen atoms in total. The van der Waals surface area contributed by atoms with Crippen molar-refractivity contribution < 1.29 is 10.2 Å². The summed E-state index contributed by atoms with van der Waals surface area (Å²) in [6.45, 7) is 0.247. The topological polar surface area (TPSA) is 66.5 Å². The van der Waals surface area contributed by atoms with Crippen molar-refractivity contribution in [3.05, 3.63) is 35.4 Å². The Bertz CT molecular complexity index is 233. The monoisotopic (exact) mass is 167 g/mol. The van der Waals surface area contributed by atoms with Gasteiger partial charge in [0.1, 0.15) is 0 Å². The van der Waals surface area contributed by atoms with Crippen LogP contribution < -0.4 is 5.73 Å². The number of rotatable bonds is 3. The predicted octanol–water partition coefficient (Wildman–Crippen LogP) is 0.171. The summed E-state index contributed by atoms with van der Waals surface area (Å²) in [7, 11) is 0. The lowest BCUT2D eigenvalue weighted by Crippen LogP contribution is -2.11. The number of nitrogens with two attached hydrogens (primary N) is 1. The standard InChI is InChI=1S/C9H13NO2/c10-5-9(12)8-3-1-7(6-11)2-4-8/h1-4,9,11-12H,5-6,10H2. The van der Waals surface area contributed by atoms with Crippen molar-refractivity contribution in [2.24, 2.45) is 5.73 Å². The summed E-state index contributed by atoms with van der Waals surface area (Å²) in [4.78, 5) is 0. The minimum atomic E-state index is -0.599. The van der Waals surface area contributed by atoms with Gasteiger partial charge in [0.05, 0.1) is 12.7 Å². The summed E-state index contributed by atoms with van der Waals surface area (Å²) < 4.78 is 0. The zero-order valence-corrected chi connectivity index (χ0v) is 6.77. The average molecular weight is 167 g/mol. The van der Waals surface area contributed by atoms with Gasteiger partial charge in [-0.3, -0.25) is 0 Å². The first-order chi connectivity index (χ1) is 5.77. The maximum Gasteiger partial charge on any atom is 0.0912 e. The van der Waals surface area contributed by atoms with Crippen LogP contribution in [-0.2, 0) is 6.61 Å². The highest BCUT2D eigenvalue weighted by Crippen LogP contribution is 2.12. The van der Waals surface area contributed by atoms with Crippen LogP contribution in [0.2, 0.25) is 0 Å². The molecule has 0 aromatic heterocycles. The van der Waals surface area contributed by atoms with Crippen molar-refractivity contribution in [2.45, 2.75) is 12.7 Å². The minimum absolute atomic E-state index is 0.0268. The third kappa shape index (κ3) is 2.04. The Labute approximate surface area is 71.5 Å². The van der Waals surface area contributed by atoms with Crippen LogP contribution in [0.1, 0.15) is 17.2 Å². The van der Waals surface area contributed by atoms with Gasteiger partial charge in [0.2, 0.25) is 0 Å². The van der Waals surface area contributed by atoms with Crippen LogP contribution in [0.15, 0.2) is 24.3 Å². The van der Waals surface area contributed by atoms with Gasteiger partial charge in [-0.25, -0.2) is 0 Å². The van der Waals surface area contributed by atoms with E-state index in [4.69, 9.17) is 10.8 Å². The van der Waals surface area contributed by atoms with E-state index in [1.54, 1.807) is 24.3 Å². The highest BCUT2D eigenvalue weighted by molar-refractivity contribution is 5.23. The van der Waals surface area contributed by atoms with Gasteiger partial charge < -0.3 is 15.9 Å². The number of aliphatic hydroxyl groups is 2. The van der Waals surface area contributed by atoms with Crippen LogP contribution in [0.5, 0.6) is 0 Å². The normalized spacial score (nSPS) is 12.9. The first-order valence-electron chi connectivity index (χ1n) is 3.85. The molecule has 0 fully saturated rings. The van der Waals surface area contributed by atoms with Gasteiger partial charge in [0.25, 0.3) is 0 Å². The summed E-state index contributed by atoms with van der Waals surface area (Å²) in [6.07, 6.45) is -0.599. The Hall–Kier alpha value is -0.900. The molecule has 12 heavy (non-hydrogen) atoms. The third-order valence-corrected chi connectivity index (χ3v) is 1.77. The van der Waals surface area contributed by atoms with Crippen molar-refractivity contribution in [1.82, 2.24) is 0 Å². The molecule has 0 heterocycles. The first-order valence-corrected chi connectivity index (χ1v) is 3.85. The Kier molecular flexibility index (Phi) is 3.22. The lowest BCUT2D eigenvalue weighted by molar-refractivity contribution is 0.186. The van der Waals surface area contributed by atoms with E-state index in [9.17, 15) is 5.11 Å². The molecule has 0 saturated heterocycles. The molecule has 0 aliphatic rings. The largest absolute Gasteiger partial charge is 0.392 e. The molecular weight excluding hydrogens is 154 g/mol. The van der Waals surface area contributed by atoms with E-state index >= 15 is 0 Å². The van der Waals surface area contributed by atoms with Crippen molar-refractivity contribution in [2.75, 3.05) is 6.54 Å². The molecular formula is C9H13NO2. The molecule has 66 valence electrons. The van der Waals surface area contributed by atoms with Crippen molar-refractivity contribution in [1.29, 1.82) is 0 Å². The summed E-state index contributed by atoms with van der Waals surface area (Å²) in [6, 6.07) is 7.08. The highest BCUT2D eigenvalue weighted by Gasteiger charge is 2.03. The lowest BCUT2D eigenvalue weighted by atomic mass is 10.1. The summed E-state index contributed by atoms with van der Waals surface area (Å²) in [5, 5.41) is 18.0. The summed E-state index contributed by atoms with van der Waals surface area (Å²) >= 11 is 0. The van der Waals surface area contributed by atoms with Gasteiger partial charge in [0, 0.05) is 6.54 Å². The van der Waals surface area contributed by atoms with E-state index in [0.717, 1.165) is 11.1 Å². The van der Waals surface area contributed by atoms with E-state index in [0.29, 0.717) is 0 Å². The Morgan fingerprint density at radius 3 is 2.25 bits per heavy atom. The molecule has 0 bridgehead atoms. The average Bonchev–Trinajstić information content (AvgIpc) is 2.17. The summed E-state index contributed by atoms with van der Waals surface area (Å²) in [5.41, 5.74) is 6.90. The van der Waals surface area contributed by atoms with E-state index in [2.05, 4.69) is 0 Å². The van der Waals surface area contributed by atoms with Gasteiger partial charge in [-0.1, -0.05) is 24.3 Å². The van der Waals surface area contributed by atoms with Crippen LogP contribution >= 0.6 is 0 Å². The predicted molar refractivity (Wildman–Crippen MR) is 46.4 cm³/mol. The number of hydrogen-bond donors (Lipinski definition) is 3. The molecule has 1 aromatic rings. The van der Waals surface area contributed by atoms with E-state index in [1.807, 2.05) is 0 Å². The van der Waals surface area contributed by atoms with Gasteiger partial charge >= 0.3 is 0 Å². The quantitative estimate of drug-likeness (QED) is 0.601. The summed E-state index contributed by atoms with van der Waals surface area (Å²) in [5.74, 6) is 0. The molecule has 0 amide bonds. The van der Waals surface area contributed by atoms with Gasteiger partial charge in [-0.05, 0) is 11.1 Å². The first kappa shape index (κ1) is 9.19. The fourth-order valence-corrected chi connectivity index (χ4v) is 0.981. The fraction of sp³-hybridized carbons (Fsp3) is 0.333. The van der Waals surface area contributed by atoms with Gasteiger partial charge in [0.15, 0.2) is 0 Å². The molecule has 1 rings (SSSR count). The zero-order valence-electron chi connectivity index (χ0n) is 6.77. The minimum Gasteiger partial charge on any atom is -0.392 e. The van der Waals surface area contributed by atoms with E-state index < -0.39 is 6.10 Å². The molecule has 1 aromatic carbocycles. The second-order valence-corrected chi connectivity index (χ2v) is 2.65. The third-order valence-electron chi connectivity index (χ3n) is 1.77. The maximum atomic E-state index is 9.31. The van der Waals surface area contributed by atoms with Crippen LogP contribution in [0.3, 0.4) is 0 Å². The molecule has 0 aliphatic heterocycles. The number of aliphatic hydroxyl groups excluding tert-OH is 2. The second-order valence-electron chi connectivity index (χ2n) is 2.65. The Balaban J connectivity index is 2.77. The molecule has 0 spiro atoms. The highest BCUT2D eigenvalue weighted by atomic mass is 16.3. The molecule has 0 radical (unpaired) electrons. The lowest BCUT2D eigenvalue weighted by Gasteiger charge is -2.07. The number of benzene rings is 1. The zero-order chi connectivity index (χ0) is 8.97. The smallest absolute Gasteiger partial charge is 0.0912 e. The van der Waals surface area contributed by atoms with E-state index in [1.165, 1.54) is 0 Å². The van der Waals surface area contributed by atoms with E-state index in [-0.39, 0.29) is 13.2 Å². The van der Waals surface area contributed by atoms with Crippen molar-refractivity contribution in [3.63, 3.8) is 0 Å². The molecule has 1 atom stereocenters. The Morgan fingerprint density at radius 1 is 1.25 bits per heavy atom. The SMILES string of the molecule is NCC(O)c1ccc(CO)cc1. The maximum absolute atomic E-state index is 9.31. The Morgan fingerprint density at radius 2 is 1.83 bits per heavy atom. The van der Waals surface area contributed by atoms with Crippen LogP contribution in [0.25, 0.3) is 0 Å². The fourth-order valence-electron chi connectivity index (χ4n) is 0.981. The molecule has 1 unspecified atom stereocenters. The number of hydrogen-bond acceptors (Lipinski definition) is 3. The van der Waals surface area contributed by atoms with Crippen LogP contribution in [0, 0.1) is 0 Å². The molecule has 3 heteroatoms. The van der Waals surface area contributed by atoms with Crippen molar-refractivity contribution >= 4 is 0 Å². The van der Waals surface area contributed by atoms with Crippen molar-refractivity contribution in [3.8, 4) is 0 Å². The van der Waals surface area contributed by atoms with Gasteiger partial charge in [-0.15, -0.1) is 0 Å². The van der Waals surface area contributed by atoms with Crippen LogP contribution in [-0.4, -0.2) is 16.8 Å². The van der Waals surface area contributed by atoms with Gasteiger partial charge in [-0.2, -0.15) is 0 Å².